The van der Waals surface area contributed by atoms with E-state index in [1.165, 1.54) is 6.92 Å². The average molecular weight is 319 g/mol. The largest absolute Gasteiger partial charge is 0.480 e. The van der Waals surface area contributed by atoms with Crippen molar-refractivity contribution < 1.29 is 29.0 Å². The summed E-state index contributed by atoms with van der Waals surface area (Å²) in [7, 11) is 0. The van der Waals surface area contributed by atoms with Gasteiger partial charge in [0.25, 0.3) is 0 Å². The number of hydrogen-bond acceptors (Lipinski definition) is 6. The summed E-state index contributed by atoms with van der Waals surface area (Å²) >= 11 is 1.15. The number of carboxylic acid groups (broad SMARTS) is 1. The summed E-state index contributed by atoms with van der Waals surface area (Å²) in [6.45, 7) is 9.96. The Morgan fingerprint density at radius 2 is 1.81 bits per heavy atom. The highest BCUT2D eigenvalue weighted by Crippen LogP contribution is 2.41. The SMILES string of the molecule is C=O.CC(=O)C1(C)SCC(C(=O)O)N1C(=O)OC(C)(C)C. The normalized spacial score (nSPS) is 24.8. The lowest BCUT2D eigenvalue weighted by Crippen LogP contribution is -2.55. The molecule has 0 aromatic rings. The Hall–Kier alpha value is -1.57. The molecule has 1 aliphatic rings. The predicted molar refractivity (Wildman–Crippen MR) is 78.2 cm³/mol. The van der Waals surface area contributed by atoms with Gasteiger partial charge in [-0.05, 0) is 34.6 Å². The van der Waals surface area contributed by atoms with E-state index < -0.39 is 28.6 Å². The minimum atomic E-state index is -1.19. The highest BCUT2D eigenvalue weighted by molar-refractivity contribution is 8.01. The van der Waals surface area contributed by atoms with Crippen molar-refractivity contribution in [2.75, 3.05) is 5.75 Å². The number of carbonyl (C=O) groups is 4. The van der Waals surface area contributed by atoms with Crippen LogP contribution in [0.2, 0.25) is 0 Å². The first-order valence-electron chi connectivity index (χ1n) is 6.18. The minimum Gasteiger partial charge on any atom is -0.480 e. The van der Waals surface area contributed by atoms with E-state index in [2.05, 4.69) is 0 Å². The van der Waals surface area contributed by atoms with Crippen molar-refractivity contribution in [1.82, 2.24) is 4.90 Å². The van der Waals surface area contributed by atoms with Crippen LogP contribution in [-0.2, 0) is 19.1 Å². The molecule has 1 fully saturated rings. The van der Waals surface area contributed by atoms with Crippen LogP contribution in [0.3, 0.4) is 0 Å². The number of Topliss-reactive ketones (excluding diaryl/α,β-unsaturated/α-hetero) is 1. The van der Waals surface area contributed by atoms with E-state index in [1.54, 1.807) is 27.7 Å². The first-order chi connectivity index (χ1) is 9.49. The van der Waals surface area contributed by atoms with Crippen LogP contribution in [0, 0.1) is 0 Å². The number of carboxylic acids is 1. The molecule has 1 rings (SSSR count). The van der Waals surface area contributed by atoms with Gasteiger partial charge in [0.2, 0.25) is 0 Å². The van der Waals surface area contributed by atoms with Gasteiger partial charge < -0.3 is 14.6 Å². The van der Waals surface area contributed by atoms with Crippen LogP contribution in [0.4, 0.5) is 4.79 Å². The molecule has 2 atom stereocenters. The summed E-state index contributed by atoms with van der Waals surface area (Å²) in [5.41, 5.74) is -0.745. The lowest BCUT2D eigenvalue weighted by molar-refractivity contribution is -0.143. The van der Waals surface area contributed by atoms with Crippen molar-refractivity contribution in [1.29, 1.82) is 0 Å². The third kappa shape index (κ3) is 4.45. The molecular formula is C13H21NO6S. The zero-order valence-corrected chi connectivity index (χ0v) is 13.7. The number of hydrogen-bond donors (Lipinski definition) is 1. The number of amides is 1. The van der Waals surface area contributed by atoms with Crippen LogP contribution in [-0.4, -0.2) is 56.9 Å². The quantitative estimate of drug-likeness (QED) is 0.823. The highest BCUT2D eigenvalue weighted by atomic mass is 32.2. The summed E-state index contributed by atoms with van der Waals surface area (Å²) in [6.07, 6.45) is -0.775. The van der Waals surface area contributed by atoms with Crippen LogP contribution in [0.25, 0.3) is 0 Å². The monoisotopic (exact) mass is 319 g/mol. The molecule has 0 aliphatic carbocycles. The standard InChI is InChI=1S/C12H19NO5S.CH2O/c1-7(14)12(5)13(8(6-19-12)9(15)16)10(17)18-11(2,3)4;1-2/h8H,6H2,1-5H3,(H,15,16);1H2. The summed E-state index contributed by atoms with van der Waals surface area (Å²) < 4.78 is 5.21. The van der Waals surface area contributed by atoms with Crippen LogP contribution >= 0.6 is 11.8 Å². The highest BCUT2D eigenvalue weighted by Gasteiger charge is 2.53. The van der Waals surface area contributed by atoms with Crippen molar-refractivity contribution in [3.63, 3.8) is 0 Å². The lowest BCUT2D eigenvalue weighted by atomic mass is 10.1. The second kappa shape index (κ2) is 6.93. The second-order valence-electron chi connectivity index (χ2n) is 5.55. The summed E-state index contributed by atoms with van der Waals surface area (Å²) in [5, 5.41) is 9.17. The number of rotatable bonds is 2. The lowest BCUT2D eigenvalue weighted by Gasteiger charge is -2.35. The molecule has 1 heterocycles. The fraction of sp³-hybridized carbons (Fsp3) is 0.692. The molecule has 2 unspecified atom stereocenters. The number of ketones is 1. The Labute approximate surface area is 128 Å². The van der Waals surface area contributed by atoms with E-state index in [-0.39, 0.29) is 11.5 Å². The summed E-state index contributed by atoms with van der Waals surface area (Å²) in [5.74, 6) is -1.24. The van der Waals surface area contributed by atoms with E-state index in [9.17, 15) is 19.5 Å². The number of thioether (sulfide) groups is 1. The third-order valence-electron chi connectivity index (χ3n) is 2.82. The molecule has 1 amide bonds. The maximum atomic E-state index is 12.2. The Morgan fingerprint density at radius 3 is 2.14 bits per heavy atom. The molecule has 1 N–H and O–H groups in total. The number of nitrogens with zero attached hydrogens (tertiary/aromatic N) is 1. The van der Waals surface area contributed by atoms with E-state index in [1.807, 2.05) is 6.79 Å². The van der Waals surface area contributed by atoms with Gasteiger partial charge in [-0.15, -0.1) is 11.8 Å². The summed E-state index contributed by atoms with van der Waals surface area (Å²) in [6, 6.07) is -1.05. The van der Waals surface area contributed by atoms with Gasteiger partial charge in [-0.1, -0.05) is 0 Å². The minimum absolute atomic E-state index is 0.171. The Morgan fingerprint density at radius 1 is 1.33 bits per heavy atom. The first-order valence-corrected chi connectivity index (χ1v) is 7.16. The van der Waals surface area contributed by atoms with Gasteiger partial charge >= 0.3 is 12.1 Å². The topological polar surface area (TPSA) is 101 Å². The molecule has 7 nitrogen and oxygen atoms in total. The van der Waals surface area contributed by atoms with Gasteiger partial charge in [0.1, 0.15) is 23.3 Å². The van der Waals surface area contributed by atoms with E-state index in [0.29, 0.717) is 0 Å². The molecule has 8 heteroatoms. The van der Waals surface area contributed by atoms with Gasteiger partial charge in [-0.2, -0.15) is 0 Å². The number of aliphatic carboxylic acids is 1. The number of ether oxygens (including phenoxy) is 1. The van der Waals surface area contributed by atoms with Crippen molar-refractivity contribution in [2.45, 2.75) is 51.1 Å². The zero-order chi connectivity index (χ0) is 17.0. The van der Waals surface area contributed by atoms with Crippen molar-refractivity contribution in [3.8, 4) is 0 Å². The van der Waals surface area contributed by atoms with Crippen molar-refractivity contribution in [3.05, 3.63) is 0 Å². The van der Waals surface area contributed by atoms with Crippen LogP contribution in [0.1, 0.15) is 34.6 Å². The average Bonchev–Trinajstić information content (AvgIpc) is 2.69. The third-order valence-corrected chi connectivity index (χ3v) is 4.35. The van der Waals surface area contributed by atoms with E-state index in [0.717, 1.165) is 16.7 Å². The molecule has 0 saturated carbocycles. The van der Waals surface area contributed by atoms with Gasteiger partial charge in [-0.25, -0.2) is 9.59 Å². The van der Waals surface area contributed by atoms with Crippen LogP contribution in [0.15, 0.2) is 0 Å². The Balaban J connectivity index is 0.00000191. The number of carbonyl (C=O) groups excluding carboxylic acids is 3. The maximum absolute atomic E-state index is 12.2. The fourth-order valence-electron chi connectivity index (χ4n) is 1.75. The first kappa shape index (κ1) is 19.4. The van der Waals surface area contributed by atoms with Gasteiger partial charge in [0, 0.05) is 5.75 Å². The van der Waals surface area contributed by atoms with E-state index in [4.69, 9.17) is 9.53 Å². The fourth-order valence-corrected chi connectivity index (χ4v) is 3.07. The molecule has 0 bridgehead atoms. The molecular weight excluding hydrogens is 298 g/mol. The van der Waals surface area contributed by atoms with Crippen LogP contribution < -0.4 is 0 Å². The van der Waals surface area contributed by atoms with Gasteiger partial charge in [-0.3, -0.25) is 9.69 Å². The molecule has 120 valence electrons. The smallest absolute Gasteiger partial charge is 0.412 e. The Bertz CT molecular complexity index is 433. The molecule has 1 saturated heterocycles. The van der Waals surface area contributed by atoms with Crippen LogP contribution in [0.5, 0.6) is 0 Å². The predicted octanol–water partition coefficient (Wildman–Crippen LogP) is 1.54. The van der Waals surface area contributed by atoms with Gasteiger partial charge in [0.15, 0.2) is 5.78 Å². The molecule has 0 aromatic heterocycles. The molecule has 0 radical (unpaired) electrons. The zero-order valence-electron chi connectivity index (χ0n) is 12.8. The Kier molecular flexibility index (Phi) is 6.41. The van der Waals surface area contributed by atoms with E-state index >= 15 is 0 Å². The maximum Gasteiger partial charge on any atom is 0.412 e. The summed E-state index contributed by atoms with van der Waals surface area (Å²) in [4.78, 5) is 43.0. The second-order valence-corrected chi connectivity index (χ2v) is 6.97. The van der Waals surface area contributed by atoms with Crippen molar-refractivity contribution in [2.24, 2.45) is 0 Å². The van der Waals surface area contributed by atoms with Gasteiger partial charge in [0.05, 0.1) is 0 Å². The van der Waals surface area contributed by atoms with Crippen molar-refractivity contribution >= 4 is 36.4 Å². The molecule has 0 spiro atoms. The molecule has 0 aromatic carbocycles. The molecule has 1 aliphatic heterocycles. The molecule has 21 heavy (non-hydrogen) atoms.